The molecule has 1 aliphatic heterocycles. The molecule has 5 aliphatic rings. The molecule has 2 atom stereocenters. The van der Waals surface area contributed by atoms with Crippen molar-refractivity contribution in [1.82, 2.24) is 9.80 Å². The number of methoxy groups -OCH3 is 1. The van der Waals surface area contributed by atoms with Crippen LogP contribution in [0.15, 0.2) is 24.3 Å². The largest absolute Gasteiger partial charge is 0.497 e. The van der Waals surface area contributed by atoms with E-state index in [1.165, 1.54) is 19.3 Å². The SMILES string of the molecule is COc1cccc(CC(=O)N2CCN(C(=O)C34CC5CC(CC(Br)(C5)C3)C4)CC2)c1. The van der Waals surface area contributed by atoms with Crippen molar-refractivity contribution in [3.63, 3.8) is 0 Å². The molecule has 30 heavy (non-hydrogen) atoms. The van der Waals surface area contributed by atoms with Crippen molar-refractivity contribution in [3.05, 3.63) is 29.8 Å². The van der Waals surface area contributed by atoms with Gasteiger partial charge in [-0.2, -0.15) is 0 Å². The second-order valence-corrected chi connectivity index (χ2v) is 11.8. The van der Waals surface area contributed by atoms with Crippen molar-refractivity contribution >= 4 is 27.7 Å². The molecule has 1 saturated heterocycles. The summed E-state index contributed by atoms with van der Waals surface area (Å²) in [5.74, 6) is 2.68. The van der Waals surface area contributed by atoms with Crippen molar-refractivity contribution in [2.45, 2.75) is 49.3 Å². The molecule has 4 aliphatic carbocycles. The summed E-state index contributed by atoms with van der Waals surface area (Å²) in [6.07, 6.45) is 7.33. The average molecular weight is 475 g/mol. The predicted octanol–water partition coefficient (Wildman–Crippen LogP) is 3.64. The molecule has 1 aromatic carbocycles. The molecule has 5 fully saturated rings. The van der Waals surface area contributed by atoms with E-state index in [-0.39, 0.29) is 15.6 Å². The minimum atomic E-state index is -0.152. The predicted molar refractivity (Wildman–Crippen MR) is 119 cm³/mol. The van der Waals surface area contributed by atoms with Gasteiger partial charge in [-0.25, -0.2) is 0 Å². The summed E-state index contributed by atoms with van der Waals surface area (Å²) in [7, 11) is 1.64. The number of benzene rings is 1. The quantitative estimate of drug-likeness (QED) is 0.625. The Labute approximate surface area is 187 Å². The number of halogens is 1. The van der Waals surface area contributed by atoms with Crippen LogP contribution in [-0.2, 0) is 16.0 Å². The van der Waals surface area contributed by atoms with E-state index in [0.29, 0.717) is 50.3 Å². The Kier molecular flexibility index (Phi) is 5.11. The van der Waals surface area contributed by atoms with E-state index in [0.717, 1.165) is 30.6 Å². The van der Waals surface area contributed by atoms with Gasteiger partial charge in [0.05, 0.1) is 18.9 Å². The van der Waals surface area contributed by atoms with E-state index < -0.39 is 0 Å². The highest BCUT2D eigenvalue weighted by Crippen LogP contribution is 2.64. The number of amides is 2. The highest BCUT2D eigenvalue weighted by Gasteiger charge is 2.60. The molecule has 0 N–H and O–H groups in total. The van der Waals surface area contributed by atoms with Crippen molar-refractivity contribution in [2.24, 2.45) is 17.3 Å². The first-order valence-electron chi connectivity index (χ1n) is 11.3. The molecular formula is C24H31BrN2O3. The Morgan fingerprint density at radius 1 is 1.07 bits per heavy atom. The standard InChI is InChI=1S/C24H31BrN2O3/c1-30-20-4-2-3-17(10-20)11-21(28)26-5-7-27(8-6-26)22(29)23-12-18-9-19(13-23)15-24(25,14-18)16-23/h2-4,10,18-19H,5-9,11-16H2,1H3. The molecule has 162 valence electrons. The lowest BCUT2D eigenvalue weighted by Crippen LogP contribution is -2.61. The van der Waals surface area contributed by atoms with Crippen molar-refractivity contribution < 1.29 is 14.3 Å². The summed E-state index contributed by atoms with van der Waals surface area (Å²) in [6, 6.07) is 7.68. The van der Waals surface area contributed by atoms with Gasteiger partial charge in [0.1, 0.15) is 5.75 Å². The number of rotatable bonds is 4. The molecule has 4 saturated carbocycles. The van der Waals surface area contributed by atoms with Gasteiger partial charge in [0, 0.05) is 30.5 Å². The van der Waals surface area contributed by atoms with Gasteiger partial charge < -0.3 is 14.5 Å². The zero-order valence-corrected chi connectivity index (χ0v) is 19.3. The molecule has 2 unspecified atom stereocenters. The number of nitrogens with zero attached hydrogens (tertiary/aromatic N) is 2. The van der Waals surface area contributed by atoms with Crippen LogP contribution in [-0.4, -0.2) is 59.2 Å². The van der Waals surface area contributed by atoms with Gasteiger partial charge in [0.2, 0.25) is 11.8 Å². The highest BCUT2D eigenvalue weighted by atomic mass is 79.9. The van der Waals surface area contributed by atoms with Crippen LogP contribution in [0.2, 0.25) is 0 Å². The monoisotopic (exact) mass is 474 g/mol. The van der Waals surface area contributed by atoms with E-state index in [2.05, 4.69) is 20.8 Å². The first-order chi connectivity index (χ1) is 14.4. The minimum absolute atomic E-state index is 0.129. The number of hydrogen-bond donors (Lipinski definition) is 0. The Balaban J connectivity index is 1.20. The second-order valence-electron chi connectivity index (χ2n) is 10.1. The summed E-state index contributed by atoms with van der Waals surface area (Å²) in [6.45, 7) is 2.60. The zero-order valence-electron chi connectivity index (χ0n) is 17.7. The first-order valence-corrected chi connectivity index (χ1v) is 12.1. The fraction of sp³-hybridized carbons (Fsp3) is 0.667. The van der Waals surface area contributed by atoms with E-state index in [9.17, 15) is 9.59 Å². The molecule has 0 radical (unpaired) electrons. The van der Waals surface area contributed by atoms with E-state index >= 15 is 0 Å². The molecule has 0 spiro atoms. The molecular weight excluding hydrogens is 444 g/mol. The summed E-state index contributed by atoms with van der Waals surface area (Å²) in [4.78, 5) is 30.4. The number of alkyl halides is 1. The lowest BCUT2D eigenvalue weighted by molar-refractivity contribution is -0.158. The number of carbonyl (C=O) groups excluding carboxylic acids is 2. The van der Waals surface area contributed by atoms with Gasteiger partial charge >= 0.3 is 0 Å². The van der Waals surface area contributed by atoms with E-state index in [1.54, 1.807) is 7.11 Å². The maximum absolute atomic E-state index is 13.6. The molecule has 5 nitrogen and oxygen atoms in total. The Morgan fingerprint density at radius 3 is 2.37 bits per heavy atom. The second kappa shape index (κ2) is 7.54. The van der Waals surface area contributed by atoms with E-state index in [1.807, 2.05) is 29.2 Å². The number of hydrogen-bond acceptors (Lipinski definition) is 3. The molecule has 6 rings (SSSR count). The lowest BCUT2D eigenvalue weighted by atomic mass is 9.49. The van der Waals surface area contributed by atoms with Crippen LogP contribution in [0.5, 0.6) is 5.75 Å². The Hall–Kier alpha value is -1.56. The van der Waals surface area contributed by atoms with Crippen LogP contribution < -0.4 is 4.74 Å². The van der Waals surface area contributed by atoms with Gasteiger partial charge in [-0.05, 0) is 68.1 Å². The summed E-state index contributed by atoms with van der Waals surface area (Å²) in [5, 5.41) is 0. The summed E-state index contributed by atoms with van der Waals surface area (Å²) in [5.41, 5.74) is 0.814. The molecule has 0 aromatic heterocycles. The van der Waals surface area contributed by atoms with Crippen LogP contribution in [0.3, 0.4) is 0 Å². The Bertz CT molecular complexity index is 835. The first kappa shape index (κ1) is 20.3. The third kappa shape index (κ3) is 3.65. The molecule has 1 aromatic rings. The third-order valence-corrected chi connectivity index (χ3v) is 8.78. The van der Waals surface area contributed by atoms with Crippen LogP contribution in [0, 0.1) is 17.3 Å². The van der Waals surface area contributed by atoms with Crippen molar-refractivity contribution in [1.29, 1.82) is 0 Å². The summed E-state index contributed by atoms with van der Waals surface area (Å²) >= 11 is 4.02. The highest BCUT2D eigenvalue weighted by molar-refractivity contribution is 9.10. The van der Waals surface area contributed by atoms with Gasteiger partial charge in [0.25, 0.3) is 0 Å². The zero-order chi connectivity index (χ0) is 20.9. The van der Waals surface area contributed by atoms with Gasteiger partial charge in [-0.3, -0.25) is 9.59 Å². The number of ether oxygens (including phenoxy) is 1. The maximum Gasteiger partial charge on any atom is 0.228 e. The minimum Gasteiger partial charge on any atom is -0.497 e. The lowest BCUT2D eigenvalue weighted by Gasteiger charge is -2.60. The van der Waals surface area contributed by atoms with Crippen molar-refractivity contribution in [3.8, 4) is 5.75 Å². The maximum atomic E-state index is 13.6. The van der Waals surface area contributed by atoms with E-state index in [4.69, 9.17) is 4.74 Å². The van der Waals surface area contributed by atoms with Crippen LogP contribution >= 0.6 is 15.9 Å². The Morgan fingerprint density at radius 2 is 1.73 bits per heavy atom. The third-order valence-electron chi connectivity index (χ3n) is 7.85. The van der Waals surface area contributed by atoms with Crippen molar-refractivity contribution in [2.75, 3.05) is 33.3 Å². The summed E-state index contributed by atoms with van der Waals surface area (Å²) < 4.78 is 5.45. The van der Waals surface area contributed by atoms with Gasteiger partial charge in [-0.1, -0.05) is 28.1 Å². The molecule has 4 bridgehead atoms. The molecule has 6 heteroatoms. The van der Waals surface area contributed by atoms with Gasteiger partial charge in [-0.15, -0.1) is 0 Å². The normalized spacial score (nSPS) is 34.9. The molecule has 1 heterocycles. The van der Waals surface area contributed by atoms with Gasteiger partial charge in [0.15, 0.2) is 0 Å². The molecule has 2 amide bonds. The fourth-order valence-electron chi connectivity index (χ4n) is 6.96. The fourth-order valence-corrected chi connectivity index (χ4v) is 8.42. The topological polar surface area (TPSA) is 49.9 Å². The van der Waals surface area contributed by atoms with Crippen LogP contribution in [0.4, 0.5) is 0 Å². The van der Waals surface area contributed by atoms with Crippen LogP contribution in [0.1, 0.15) is 44.1 Å². The number of piperazine rings is 1. The smallest absolute Gasteiger partial charge is 0.228 e. The number of carbonyl (C=O) groups is 2. The average Bonchev–Trinajstić information content (AvgIpc) is 2.71. The van der Waals surface area contributed by atoms with Crippen LogP contribution in [0.25, 0.3) is 0 Å².